The molecule has 0 saturated carbocycles. The molecule has 1 heterocycles. The minimum Gasteiger partial charge on any atom is -0.384 e. The molecule has 0 bridgehead atoms. The van der Waals surface area contributed by atoms with Crippen molar-refractivity contribution < 1.29 is 9.13 Å². The summed E-state index contributed by atoms with van der Waals surface area (Å²) >= 11 is 6.01. The Morgan fingerprint density at radius 3 is 2.83 bits per heavy atom. The third-order valence-electron chi connectivity index (χ3n) is 2.27. The van der Waals surface area contributed by atoms with Crippen LogP contribution in [-0.2, 0) is 11.3 Å². The maximum absolute atomic E-state index is 13.2. The zero-order valence-electron chi connectivity index (χ0n) is 9.65. The molecule has 0 atom stereocenters. The van der Waals surface area contributed by atoms with Crippen molar-refractivity contribution in [1.29, 1.82) is 0 Å². The number of rotatable bonds is 3. The first-order valence-corrected chi connectivity index (χ1v) is 5.55. The predicted molar refractivity (Wildman–Crippen MR) is 67.6 cm³/mol. The second kappa shape index (κ2) is 5.29. The first-order valence-electron chi connectivity index (χ1n) is 5.18. The van der Waals surface area contributed by atoms with Crippen molar-refractivity contribution in [2.45, 2.75) is 6.61 Å². The molecule has 6 heteroatoms. The summed E-state index contributed by atoms with van der Waals surface area (Å²) in [6, 6.07) is 5.60. The van der Waals surface area contributed by atoms with Crippen LogP contribution in [0.25, 0.3) is 11.3 Å². The number of nitrogens with two attached hydrogens (primary N) is 1. The van der Waals surface area contributed by atoms with E-state index in [0.717, 1.165) is 0 Å². The van der Waals surface area contributed by atoms with Crippen molar-refractivity contribution in [3.8, 4) is 11.3 Å². The number of benzene rings is 1. The van der Waals surface area contributed by atoms with Crippen LogP contribution in [0, 0.1) is 5.82 Å². The monoisotopic (exact) mass is 267 g/mol. The lowest BCUT2D eigenvalue weighted by Gasteiger charge is -2.07. The standard InChI is InChI=1S/C12H11ClFN3O/c1-18-6-12-16-10(5-11(15)17-12)8-4-7(14)2-3-9(8)13/h2-5H,6H2,1H3,(H2,15,16,17). The molecule has 1 aromatic heterocycles. The lowest BCUT2D eigenvalue weighted by atomic mass is 10.1. The van der Waals surface area contributed by atoms with Crippen molar-refractivity contribution in [3.05, 3.63) is 40.9 Å². The SMILES string of the molecule is COCc1nc(N)cc(-c2cc(F)ccc2Cl)n1. The summed E-state index contributed by atoms with van der Waals surface area (Å²) in [5.41, 5.74) is 6.62. The Balaban J connectivity index is 2.52. The van der Waals surface area contributed by atoms with Gasteiger partial charge in [0.25, 0.3) is 0 Å². The molecule has 0 unspecified atom stereocenters. The number of anilines is 1. The highest BCUT2D eigenvalue weighted by Crippen LogP contribution is 2.28. The van der Waals surface area contributed by atoms with Crippen LogP contribution in [0.5, 0.6) is 0 Å². The molecule has 2 aromatic rings. The van der Waals surface area contributed by atoms with Crippen LogP contribution in [-0.4, -0.2) is 17.1 Å². The van der Waals surface area contributed by atoms with Gasteiger partial charge >= 0.3 is 0 Å². The van der Waals surface area contributed by atoms with Gasteiger partial charge < -0.3 is 10.5 Å². The van der Waals surface area contributed by atoms with Gasteiger partial charge in [0, 0.05) is 18.7 Å². The molecule has 1 aromatic carbocycles. The molecule has 0 saturated heterocycles. The van der Waals surface area contributed by atoms with Gasteiger partial charge in [-0.05, 0) is 18.2 Å². The largest absolute Gasteiger partial charge is 0.384 e. The summed E-state index contributed by atoms with van der Waals surface area (Å²) < 4.78 is 18.2. The zero-order valence-corrected chi connectivity index (χ0v) is 10.4. The van der Waals surface area contributed by atoms with E-state index in [-0.39, 0.29) is 18.2 Å². The molecule has 0 spiro atoms. The number of nitrogens with zero attached hydrogens (tertiary/aromatic N) is 2. The maximum Gasteiger partial charge on any atom is 0.157 e. The van der Waals surface area contributed by atoms with E-state index in [2.05, 4.69) is 9.97 Å². The van der Waals surface area contributed by atoms with E-state index in [1.807, 2.05) is 0 Å². The van der Waals surface area contributed by atoms with E-state index in [0.29, 0.717) is 22.1 Å². The van der Waals surface area contributed by atoms with E-state index in [1.54, 1.807) is 6.07 Å². The average molecular weight is 268 g/mol. The van der Waals surface area contributed by atoms with Gasteiger partial charge in [-0.1, -0.05) is 11.6 Å². The molecule has 94 valence electrons. The van der Waals surface area contributed by atoms with E-state index < -0.39 is 0 Å². The van der Waals surface area contributed by atoms with Crippen LogP contribution < -0.4 is 5.73 Å². The van der Waals surface area contributed by atoms with Crippen molar-refractivity contribution in [3.63, 3.8) is 0 Å². The molecule has 4 nitrogen and oxygen atoms in total. The van der Waals surface area contributed by atoms with E-state index >= 15 is 0 Å². The molecule has 0 amide bonds. The summed E-state index contributed by atoms with van der Waals surface area (Å²) in [5.74, 6) is 0.320. The van der Waals surface area contributed by atoms with Gasteiger partial charge in [0.05, 0.1) is 10.7 Å². The summed E-state index contributed by atoms with van der Waals surface area (Å²) in [6.45, 7) is 0.227. The summed E-state index contributed by atoms with van der Waals surface area (Å²) in [7, 11) is 1.53. The lowest BCUT2D eigenvalue weighted by Crippen LogP contribution is -2.02. The second-order valence-corrected chi connectivity index (χ2v) is 4.06. The van der Waals surface area contributed by atoms with Crippen LogP contribution in [0.3, 0.4) is 0 Å². The van der Waals surface area contributed by atoms with Gasteiger partial charge in [0.1, 0.15) is 18.2 Å². The van der Waals surface area contributed by atoms with Gasteiger partial charge in [-0.2, -0.15) is 0 Å². The van der Waals surface area contributed by atoms with Crippen LogP contribution in [0.2, 0.25) is 5.02 Å². The Labute approximate surface area is 109 Å². The molecule has 0 fully saturated rings. The quantitative estimate of drug-likeness (QED) is 0.929. The van der Waals surface area contributed by atoms with Crippen LogP contribution in [0.1, 0.15) is 5.82 Å². The number of hydrogen-bond donors (Lipinski definition) is 1. The number of ether oxygens (including phenoxy) is 1. The summed E-state index contributed by atoms with van der Waals surface area (Å²) in [4.78, 5) is 8.23. The fourth-order valence-corrected chi connectivity index (χ4v) is 1.76. The van der Waals surface area contributed by atoms with E-state index in [4.69, 9.17) is 22.1 Å². The molecule has 0 aliphatic carbocycles. The van der Waals surface area contributed by atoms with Gasteiger partial charge in [-0.15, -0.1) is 0 Å². The Kier molecular flexibility index (Phi) is 3.74. The first-order chi connectivity index (χ1) is 8.60. The van der Waals surface area contributed by atoms with Crippen molar-refractivity contribution in [2.24, 2.45) is 0 Å². The number of methoxy groups -OCH3 is 1. The zero-order chi connectivity index (χ0) is 13.1. The Bertz CT molecular complexity index is 577. The smallest absolute Gasteiger partial charge is 0.157 e. The third-order valence-corrected chi connectivity index (χ3v) is 2.60. The summed E-state index contributed by atoms with van der Waals surface area (Å²) in [6.07, 6.45) is 0. The summed E-state index contributed by atoms with van der Waals surface area (Å²) in [5, 5.41) is 0.401. The molecular formula is C12H11ClFN3O. The highest BCUT2D eigenvalue weighted by Gasteiger charge is 2.09. The topological polar surface area (TPSA) is 61.0 Å². The van der Waals surface area contributed by atoms with Crippen LogP contribution >= 0.6 is 11.6 Å². The minimum atomic E-state index is -0.389. The van der Waals surface area contributed by atoms with E-state index in [9.17, 15) is 4.39 Å². The molecule has 0 aliphatic heterocycles. The van der Waals surface area contributed by atoms with Gasteiger partial charge in [0.15, 0.2) is 5.82 Å². The van der Waals surface area contributed by atoms with Crippen LogP contribution in [0.4, 0.5) is 10.2 Å². The molecule has 18 heavy (non-hydrogen) atoms. The fraction of sp³-hybridized carbons (Fsp3) is 0.167. The van der Waals surface area contributed by atoms with E-state index in [1.165, 1.54) is 25.3 Å². The van der Waals surface area contributed by atoms with Gasteiger partial charge in [-0.3, -0.25) is 0 Å². The number of hydrogen-bond acceptors (Lipinski definition) is 4. The van der Waals surface area contributed by atoms with Crippen molar-refractivity contribution in [2.75, 3.05) is 12.8 Å². The highest BCUT2D eigenvalue weighted by molar-refractivity contribution is 6.33. The van der Waals surface area contributed by atoms with Crippen LogP contribution in [0.15, 0.2) is 24.3 Å². The third kappa shape index (κ3) is 2.75. The Morgan fingerprint density at radius 1 is 1.33 bits per heavy atom. The molecule has 0 aliphatic rings. The molecule has 2 rings (SSSR count). The number of aromatic nitrogens is 2. The van der Waals surface area contributed by atoms with Gasteiger partial charge in [-0.25, -0.2) is 14.4 Å². The van der Waals surface area contributed by atoms with Crippen molar-refractivity contribution in [1.82, 2.24) is 9.97 Å². The lowest BCUT2D eigenvalue weighted by molar-refractivity contribution is 0.178. The number of nitrogen functional groups attached to an aromatic ring is 1. The molecule has 2 N–H and O–H groups in total. The fourth-order valence-electron chi connectivity index (χ4n) is 1.54. The molecular weight excluding hydrogens is 257 g/mol. The highest BCUT2D eigenvalue weighted by atomic mass is 35.5. The second-order valence-electron chi connectivity index (χ2n) is 3.65. The normalized spacial score (nSPS) is 10.6. The first kappa shape index (κ1) is 12.7. The average Bonchev–Trinajstić information content (AvgIpc) is 2.32. The minimum absolute atomic E-state index is 0.227. The predicted octanol–water partition coefficient (Wildman–Crippen LogP) is 2.66. The Morgan fingerprint density at radius 2 is 2.11 bits per heavy atom. The molecule has 0 radical (unpaired) electrons. The van der Waals surface area contributed by atoms with Crippen molar-refractivity contribution >= 4 is 17.4 Å². The number of halogens is 2. The Hall–Kier alpha value is -1.72. The van der Waals surface area contributed by atoms with Gasteiger partial charge in [0.2, 0.25) is 0 Å². The maximum atomic E-state index is 13.2.